The summed E-state index contributed by atoms with van der Waals surface area (Å²) in [7, 11) is 3.40. The van der Waals surface area contributed by atoms with Crippen molar-refractivity contribution in [2.75, 3.05) is 25.5 Å². The van der Waals surface area contributed by atoms with Gasteiger partial charge < -0.3 is 19.1 Å². The summed E-state index contributed by atoms with van der Waals surface area (Å²) in [6.07, 6.45) is 5.75. The number of hydrogen-bond donors (Lipinski definition) is 0. The van der Waals surface area contributed by atoms with E-state index in [1.54, 1.807) is 25.1 Å². The minimum Gasteiger partial charge on any atom is -0.476 e. The van der Waals surface area contributed by atoms with Gasteiger partial charge in [0.2, 0.25) is 0 Å². The molecule has 2 aliphatic heterocycles. The summed E-state index contributed by atoms with van der Waals surface area (Å²) in [6.45, 7) is 1.05. The number of benzene rings is 1. The molecule has 0 bridgehead atoms. The Labute approximate surface area is 198 Å². The van der Waals surface area contributed by atoms with Gasteiger partial charge in [-0.25, -0.2) is 9.97 Å². The molecule has 3 aliphatic rings. The smallest absolute Gasteiger partial charge is 0.265 e. The van der Waals surface area contributed by atoms with Gasteiger partial charge in [0.05, 0.1) is 17.8 Å². The fourth-order valence-corrected chi connectivity index (χ4v) is 5.05. The number of fused-ring (bicyclic) bond motifs is 4. The van der Waals surface area contributed by atoms with Crippen LogP contribution >= 0.6 is 0 Å². The fourth-order valence-electron chi connectivity index (χ4n) is 5.05. The number of hydrogen-bond acceptors (Lipinski definition) is 5. The van der Waals surface area contributed by atoms with Crippen molar-refractivity contribution in [2.24, 2.45) is 0 Å². The molecule has 8 heteroatoms. The largest absolute Gasteiger partial charge is 0.476 e. The standard InChI is InChI=1S/C26H29N5O3/c1-29(2)26(33)21-15-31(19-8-5-6-9-20(19)34-21)25(32)17-14-18(16-11-12-16)27-24-23(17)28-22-10-4-3-7-13-30(22)24/h5-6,8-9,14,16,21H,3-4,7,10-13,15H2,1-2H3/t21-/m0/s1. The summed E-state index contributed by atoms with van der Waals surface area (Å²) in [5, 5.41) is 0. The van der Waals surface area contributed by atoms with Crippen molar-refractivity contribution in [2.45, 2.75) is 57.1 Å². The number of carbonyl (C=O) groups excluding carboxylic acids is 2. The molecule has 0 spiro atoms. The lowest BCUT2D eigenvalue weighted by Gasteiger charge is -2.35. The van der Waals surface area contributed by atoms with Gasteiger partial charge in [-0.3, -0.25) is 9.59 Å². The molecule has 1 atom stereocenters. The number of likely N-dealkylation sites (N-methyl/N-ethyl adjacent to an activating group) is 1. The van der Waals surface area contributed by atoms with Gasteiger partial charge in [-0.15, -0.1) is 0 Å². The van der Waals surface area contributed by atoms with Gasteiger partial charge in [0.25, 0.3) is 11.8 Å². The van der Waals surface area contributed by atoms with Crippen molar-refractivity contribution >= 4 is 28.7 Å². The lowest BCUT2D eigenvalue weighted by molar-refractivity contribution is -0.135. The van der Waals surface area contributed by atoms with Crippen LogP contribution in [0.3, 0.4) is 0 Å². The molecule has 34 heavy (non-hydrogen) atoms. The molecule has 1 fully saturated rings. The molecule has 1 aliphatic carbocycles. The Morgan fingerprint density at radius 2 is 1.91 bits per heavy atom. The minimum atomic E-state index is -0.757. The first-order chi connectivity index (χ1) is 16.5. The van der Waals surface area contributed by atoms with Crippen molar-refractivity contribution < 1.29 is 14.3 Å². The molecule has 1 saturated carbocycles. The molecule has 8 nitrogen and oxygen atoms in total. The van der Waals surface area contributed by atoms with E-state index in [2.05, 4.69) is 4.57 Å². The molecular weight excluding hydrogens is 430 g/mol. The number of imidazole rings is 1. The van der Waals surface area contributed by atoms with Crippen LogP contribution in [0.4, 0.5) is 5.69 Å². The molecule has 3 aromatic rings. The highest BCUT2D eigenvalue weighted by molar-refractivity contribution is 6.13. The Morgan fingerprint density at radius 3 is 2.71 bits per heavy atom. The number of para-hydroxylation sites is 2. The Kier molecular flexibility index (Phi) is 5.04. The first-order valence-corrected chi connectivity index (χ1v) is 12.2. The highest BCUT2D eigenvalue weighted by atomic mass is 16.5. The average Bonchev–Trinajstić information content (AvgIpc) is 3.67. The van der Waals surface area contributed by atoms with Crippen molar-refractivity contribution in [1.82, 2.24) is 19.4 Å². The van der Waals surface area contributed by atoms with Crippen LogP contribution in [0.2, 0.25) is 0 Å². The first kappa shape index (κ1) is 21.1. The van der Waals surface area contributed by atoms with Crippen LogP contribution in [-0.4, -0.2) is 58.0 Å². The zero-order chi connectivity index (χ0) is 23.4. The Hall–Kier alpha value is -3.42. The van der Waals surface area contributed by atoms with Gasteiger partial charge in [-0.05, 0) is 43.9 Å². The molecule has 0 N–H and O–H groups in total. The lowest BCUT2D eigenvalue weighted by atomic mass is 10.1. The van der Waals surface area contributed by atoms with E-state index in [4.69, 9.17) is 14.7 Å². The zero-order valence-electron chi connectivity index (χ0n) is 19.7. The summed E-state index contributed by atoms with van der Waals surface area (Å²) in [5.74, 6) is 1.64. The van der Waals surface area contributed by atoms with E-state index >= 15 is 0 Å². The second-order valence-electron chi connectivity index (χ2n) is 9.75. The molecule has 4 heterocycles. The number of aryl methyl sites for hydroxylation is 2. The molecule has 176 valence electrons. The molecule has 2 aromatic heterocycles. The van der Waals surface area contributed by atoms with Crippen LogP contribution in [0, 0.1) is 0 Å². The third-order valence-electron chi connectivity index (χ3n) is 7.05. The molecular formula is C26H29N5O3. The Bertz CT molecular complexity index is 1290. The maximum absolute atomic E-state index is 14.2. The SMILES string of the molecule is CN(C)C(=O)[C@@H]1CN(C(=O)c2cc(C3CC3)nc3c2nc2n3CCCCC2)c2ccccc2O1. The van der Waals surface area contributed by atoms with E-state index in [1.165, 1.54) is 11.3 Å². The highest BCUT2D eigenvalue weighted by Gasteiger charge is 2.37. The van der Waals surface area contributed by atoms with Gasteiger partial charge in [0, 0.05) is 38.7 Å². The third kappa shape index (κ3) is 3.52. The maximum atomic E-state index is 14.2. The van der Waals surface area contributed by atoms with Crippen molar-refractivity contribution in [3.05, 3.63) is 47.4 Å². The summed E-state index contributed by atoms with van der Waals surface area (Å²) in [5.41, 5.74) is 3.72. The average molecular weight is 460 g/mol. The Morgan fingerprint density at radius 1 is 1.09 bits per heavy atom. The fraction of sp³-hybridized carbons (Fsp3) is 0.462. The monoisotopic (exact) mass is 459 g/mol. The molecule has 0 saturated heterocycles. The summed E-state index contributed by atoms with van der Waals surface area (Å²) >= 11 is 0. The number of ether oxygens (including phenoxy) is 1. The summed E-state index contributed by atoms with van der Waals surface area (Å²) in [6, 6.07) is 9.35. The van der Waals surface area contributed by atoms with Gasteiger partial charge in [-0.1, -0.05) is 18.6 Å². The van der Waals surface area contributed by atoms with Crippen molar-refractivity contribution in [1.29, 1.82) is 0 Å². The second-order valence-corrected chi connectivity index (χ2v) is 9.75. The number of amides is 2. The first-order valence-electron chi connectivity index (χ1n) is 12.2. The predicted octanol–water partition coefficient (Wildman–Crippen LogP) is 3.53. The normalized spacial score (nSPS) is 19.7. The van der Waals surface area contributed by atoms with Crippen LogP contribution in [0.15, 0.2) is 30.3 Å². The van der Waals surface area contributed by atoms with E-state index in [0.29, 0.717) is 28.4 Å². The zero-order valence-corrected chi connectivity index (χ0v) is 19.7. The number of aromatic nitrogens is 3. The van der Waals surface area contributed by atoms with Crippen molar-refractivity contribution in [3.8, 4) is 5.75 Å². The number of carbonyl (C=O) groups is 2. The van der Waals surface area contributed by atoms with E-state index in [0.717, 1.165) is 55.8 Å². The van der Waals surface area contributed by atoms with Gasteiger partial charge >= 0.3 is 0 Å². The third-order valence-corrected chi connectivity index (χ3v) is 7.05. The summed E-state index contributed by atoms with van der Waals surface area (Å²) in [4.78, 5) is 40.1. The van der Waals surface area contributed by atoms with Gasteiger partial charge in [0.15, 0.2) is 11.8 Å². The molecule has 1 aromatic carbocycles. The van der Waals surface area contributed by atoms with E-state index in [9.17, 15) is 9.59 Å². The molecule has 0 radical (unpaired) electrons. The van der Waals surface area contributed by atoms with Crippen LogP contribution < -0.4 is 9.64 Å². The Balaban J connectivity index is 1.47. The van der Waals surface area contributed by atoms with Crippen LogP contribution in [0.25, 0.3) is 11.2 Å². The minimum absolute atomic E-state index is 0.156. The number of pyridine rings is 1. The highest BCUT2D eigenvalue weighted by Crippen LogP contribution is 2.41. The second kappa shape index (κ2) is 8.11. The van der Waals surface area contributed by atoms with Crippen LogP contribution in [0.1, 0.15) is 59.9 Å². The van der Waals surface area contributed by atoms with E-state index in [1.807, 2.05) is 24.3 Å². The maximum Gasteiger partial charge on any atom is 0.265 e. The van der Waals surface area contributed by atoms with Crippen LogP contribution in [0.5, 0.6) is 5.75 Å². The number of anilines is 1. The molecule has 2 amide bonds. The van der Waals surface area contributed by atoms with E-state index in [-0.39, 0.29) is 18.4 Å². The molecule has 0 unspecified atom stereocenters. The van der Waals surface area contributed by atoms with E-state index < -0.39 is 6.10 Å². The number of rotatable bonds is 3. The quantitative estimate of drug-likeness (QED) is 0.599. The lowest BCUT2D eigenvalue weighted by Crippen LogP contribution is -2.50. The molecule has 6 rings (SSSR count). The number of nitrogens with zero attached hydrogens (tertiary/aromatic N) is 5. The van der Waals surface area contributed by atoms with Gasteiger partial charge in [0.1, 0.15) is 17.1 Å². The van der Waals surface area contributed by atoms with Gasteiger partial charge in [-0.2, -0.15) is 0 Å². The topological polar surface area (TPSA) is 80.6 Å². The van der Waals surface area contributed by atoms with Crippen LogP contribution in [-0.2, 0) is 17.8 Å². The predicted molar refractivity (Wildman–Crippen MR) is 128 cm³/mol. The van der Waals surface area contributed by atoms with Crippen molar-refractivity contribution in [3.63, 3.8) is 0 Å². The summed E-state index contributed by atoms with van der Waals surface area (Å²) < 4.78 is 8.21.